The summed E-state index contributed by atoms with van der Waals surface area (Å²) >= 11 is 6.38. The van der Waals surface area contributed by atoms with E-state index in [0.29, 0.717) is 42.8 Å². The largest absolute Gasteiger partial charge is 0.495 e. The second-order valence-electron chi connectivity index (χ2n) is 20.9. The molecule has 18 heteroatoms. The molecule has 4 N–H and O–H groups in total. The molecule has 2 aromatic heterocycles. The Bertz CT molecular complexity index is 3100. The number of halogens is 5. The van der Waals surface area contributed by atoms with Gasteiger partial charge in [0.15, 0.2) is 0 Å². The van der Waals surface area contributed by atoms with E-state index in [1.807, 2.05) is 50.9 Å². The average molecular weight is 994 g/mol. The first-order valence-electron chi connectivity index (χ1n) is 23.8. The molecule has 5 aliphatic rings. The number of piperidine rings is 2. The number of pyridine rings is 1. The highest BCUT2D eigenvalue weighted by Gasteiger charge is 2.62. The van der Waals surface area contributed by atoms with Gasteiger partial charge in [-0.05, 0) is 97.0 Å². The van der Waals surface area contributed by atoms with Crippen molar-refractivity contribution in [2.45, 2.75) is 94.8 Å². The van der Waals surface area contributed by atoms with E-state index in [2.05, 4.69) is 43.2 Å². The van der Waals surface area contributed by atoms with Crippen molar-refractivity contribution < 1.29 is 41.5 Å². The van der Waals surface area contributed by atoms with Crippen LogP contribution in [0.2, 0.25) is 5.02 Å². The number of aryl methyl sites for hydroxylation is 1. The van der Waals surface area contributed by atoms with E-state index >= 15 is 4.39 Å². The van der Waals surface area contributed by atoms with E-state index in [-0.39, 0.29) is 75.1 Å². The molecular weight excluding hydrogens is 940 g/mol. The number of imide groups is 1. The molecular formula is C53H53ClF4N8O5. The van der Waals surface area contributed by atoms with Crippen LogP contribution >= 0.6 is 11.6 Å². The third-order valence-electron chi connectivity index (χ3n) is 15.4. The fourth-order valence-electron chi connectivity index (χ4n) is 11.7. The number of nitrogens with zero attached hydrogens (tertiary/aromatic N) is 4. The number of methoxy groups -OCH3 is 1. The molecule has 2 spiro atoms. The van der Waals surface area contributed by atoms with Crippen molar-refractivity contribution in [1.82, 2.24) is 30.3 Å². The highest BCUT2D eigenvalue weighted by molar-refractivity contribution is 6.30. The smallest absolute Gasteiger partial charge is 0.433 e. The molecule has 6 heterocycles. The summed E-state index contributed by atoms with van der Waals surface area (Å²) in [7, 11) is 3.26. The Morgan fingerprint density at radius 2 is 1.82 bits per heavy atom. The van der Waals surface area contributed by atoms with Gasteiger partial charge in [-0.25, -0.2) is 4.39 Å². The summed E-state index contributed by atoms with van der Waals surface area (Å²) in [5.74, 6) is 3.73. The van der Waals surface area contributed by atoms with Crippen LogP contribution in [0.3, 0.4) is 0 Å². The lowest BCUT2D eigenvalue weighted by molar-refractivity contribution is -0.141. The summed E-state index contributed by atoms with van der Waals surface area (Å²) in [5.41, 5.74) is 1.22. The summed E-state index contributed by atoms with van der Waals surface area (Å²) in [4.78, 5) is 58.7. The first-order chi connectivity index (χ1) is 33.7. The summed E-state index contributed by atoms with van der Waals surface area (Å²) in [6.45, 7) is 7.22. The topological polar surface area (TPSA) is 160 Å². The number of benzene rings is 3. The Kier molecular flexibility index (Phi) is 12.0. The van der Waals surface area contributed by atoms with E-state index < -0.39 is 52.9 Å². The van der Waals surface area contributed by atoms with Gasteiger partial charge in [0.2, 0.25) is 17.7 Å². The number of hydrogen-bond donors (Lipinski definition) is 4. The van der Waals surface area contributed by atoms with Gasteiger partial charge in [-0.15, -0.1) is 0 Å². The Morgan fingerprint density at radius 3 is 2.54 bits per heavy atom. The third-order valence-corrected chi connectivity index (χ3v) is 15.6. The van der Waals surface area contributed by atoms with Crippen LogP contribution in [0.1, 0.15) is 110 Å². The number of aromatic nitrogens is 3. The second-order valence-corrected chi connectivity index (χ2v) is 21.3. The van der Waals surface area contributed by atoms with Gasteiger partial charge in [0.1, 0.15) is 17.3 Å². The van der Waals surface area contributed by atoms with E-state index in [0.717, 1.165) is 41.8 Å². The number of hydrogen-bond acceptors (Lipinski definition) is 9. The zero-order valence-corrected chi connectivity index (χ0v) is 40.6. The van der Waals surface area contributed by atoms with Crippen LogP contribution in [0.25, 0.3) is 10.9 Å². The molecule has 370 valence electrons. The Hall–Kier alpha value is -6.51. The molecule has 1 unspecified atom stereocenters. The number of nitrogens with one attached hydrogen (secondary N) is 4. The highest BCUT2D eigenvalue weighted by Crippen LogP contribution is 2.60. The van der Waals surface area contributed by atoms with Crippen LogP contribution in [0.4, 0.5) is 28.9 Å². The van der Waals surface area contributed by atoms with Crippen molar-refractivity contribution in [3.8, 4) is 17.6 Å². The van der Waals surface area contributed by atoms with Crippen LogP contribution in [-0.4, -0.2) is 82.1 Å². The van der Waals surface area contributed by atoms with Gasteiger partial charge in [-0.3, -0.25) is 34.2 Å². The number of alkyl halides is 3. The quantitative estimate of drug-likeness (QED) is 0.0713. The normalized spacial score (nSPS) is 24.6. The summed E-state index contributed by atoms with van der Waals surface area (Å²) < 4.78 is 65.5. The fourth-order valence-corrected chi connectivity index (χ4v) is 11.8. The predicted octanol–water partition coefficient (Wildman–Crippen LogP) is 8.46. The van der Waals surface area contributed by atoms with Crippen molar-refractivity contribution >= 4 is 57.5 Å². The minimum Gasteiger partial charge on any atom is -0.495 e. The van der Waals surface area contributed by atoms with Gasteiger partial charge in [-0.2, -0.15) is 18.3 Å². The van der Waals surface area contributed by atoms with Crippen LogP contribution in [0.15, 0.2) is 66.9 Å². The van der Waals surface area contributed by atoms with Crippen LogP contribution in [-0.2, 0) is 33.0 Å². The number of carbonyl (C=O) groups excluding carboxylic acids is 4. The maximum atomic E-state index is 16.3. The molecule has 3 aromatic carbocycles. The summed E-state index contributed by atoms with van der Waals surface area (Å²) in [6.07, 6.45) is 0.171. The van der Waals surface area contributed by atoms with Gasteiger partial charge in [0, 0.05) is 90.4 Å². The van der Waals surface area contributed by atoms with Crippen LogP contribution in [0, 0.1) is 34.4 Å². The third kappa shape index (κ3) is 8.66. The summed E-state index contributed by atoms with van der Waals surface area (Å²) in [6, 6.07) is 14.5. The van der Waals surface area contributed by atoms with Gasteiger partial charge in [0.05, 0.1) is 41.0 Å². The first-order valence-corrected chi connectivity index (χ1v) is 24.2. The zero-order valence-electron chi connectivity index (χ0n) is 39.8. The molecule has 0 radical (unpaired) electrons. The van der Waals surface area contributed by atoms with Crippen LogP contribution < -0.4 is 26.0 Å². The lowest BCUT2D eigenvalue weighted by Crippen LogP contribution is -2.46. The molecule has 4 aliphatic heterocycles. The van der Waals surface area contributed by atoms with E-state index in [9.17, 15) is 32.3 Å². The van der Waals surface area contributed by atoms with E-state index in [4.69, 9.17) is 16.3 Å². The summed E-state index contributed by atoms with van der Waals surface area (Å²) in [5, 5.41) is 17.4. The maximum absolute atomic E-state index is 16.3. The number of likely N-dealkylation sites (tertiary alicyclic amines) is 1. The van der Waals surface area contributed by atoms with Crippen molar-refractivity contribution in [3.63, 3.8) is 0 Å². The lowest BCUT2D eigenvalue weighted by Gasteiger charge is -2.39. The van der Waals surface area contributed by atoms with Gasteiger partial charge < -0.3 is 25.6 Å². The number of rotatable bonds is 7. The molecule has 5 aromatic rings. The first kappa shape index (κ1) is 48.1. The number of carbonyl (C=O) groups is 4. The van der Waals surface area contributed by atoms with Gasteiger partial charge >= 0.3 is 6.18 Å². The van der Waals surface area contributed by atoms with Crippen molar-refractivity contribution in [2.75, 3.05) is 37.4 Å². The van der Waals surface area contributed by atoms with E-state index in [1.165, 1.54) is 19.4 Å². The van der Waals surface area contributed by atoms with Crippen molar-refractivity contribution in [3.05, 3.63) is 111 Å². The number of amides is 4. The standard InChI is InChI=1S/C53H53ClF4N8O5/c1-50(2,3)25-41-52(27-60-37-23-40(53(56,57)58)59-26-34(37)52)43(32-7-6-8-35(54)44(32)55)46(62-41)48(69)61-36-15-11-29(22-39(36)71-5)49(70)66-19-17-51(18-20-66)24-30(51)12-9-28-10-13-31-38(21-28)65(4)64-45(31)33-14-16-42(67)63-47(33)68/h6-8,10-11,13,15,21-23,26,30,33,41,43,46,60,62H,14,16-20,24-25,27H2,1-5H3,(H,61,69)(H,63,67,68)/t30-,33?,41-,43-,46+,52-/m0/s1. The molecule has 0 bridgehead atoms. The molecule has 1 aliphatic carbocycles. The molecule has 10 rings (SSSR count). The number of anilines is 2. The van der Waals surface area contributed by atoms with Crippen molar-refractivity contribution in [1.29, 1.82) is 0 Å². The molecule has 71 heavy (non-hydrogen) atoms. The molecule has 4 amide bonds. The molecule has 4 fully saturated rings. The SMILES string of the molecule is COc1cc(C(=O)N2CCC3(CC2)C[C@@H]3C#Cc2ccc3c(C4CCC(=O)NC4=O)nn(C)c3c2)ccc1NC(=O)[C@@H]1N[C@@H](CC(C)(C)C)[C@@]2(CNc3cc(C(F)(F)F)ncc32)[C@H]1c1cccc(Cl)c1F. The minimum absolute atomic E-state index is 0.0228. The van der Waals surface area contributed by atoms with Gasteiger partial charge in [0.25, 0.3) is 5.91 Å². The molecule has 3 saturated heterocycles. The molecule has 1 saturated carbocycles. The molecule has 6 atom stereocenters. The monoisotopic (exact) mass is 992 g/mol. The Balaban J connectivity index is 0.840. The Morgan fingerprint density at radius 1 is 1.04 bits per heavy atom. The van der Waals surface area contributed by atoms with E-state index in [1.54, 1.807) is 35.0 Å². The Labute approximate surface area is 412 Å². The average Bonchev–Trinajstić information content (AvgIpc) is 3.53. The lowest BCUT2D eigenvalue weighted by atomic mass is 9.63. The maximum Gasteiger partial charge on any atom is 0.433 e. The van der Waals surface area contributed by atoms with Crippen LogP contribution in [0.5, 0.6) is 5.75 Å². The second kappa shape index (κ2) is 17.7. The highest BCUT2D eigenvalue weighted by atomic mass is 35.5. The molecule has 13 nitrogen and oxygen atoms in total. The number of fused-ring (bicyclic) bond motifs is 3. The fraction of sp³-hybridized carbons (Fsp3) is 0.434. The van der Waals surface area contributed by atoms with Crippen molar-refractivity contribution in [2.24, 2.45) is 23.8 Å². The minimum atomic E-state index is -4.70. The van der Waals surface area contributed by atoms with Gasteiger partial charge in [-0.1, -0.05) is 56.3 Å². The predicted molar refractivity (Wildman–Crippen MR) is 258 cm³/mol. The zero-order chi connectivity index (χ0) is 50.4. The number of ether oxygens (including phenoxy) is 1.